The predicted molar refractivity (Wildman–Crippen MR) is 68.6 cm³/mol. The van der Waals surface area contributed by atoms with Crippen molar-refractivity contribution >= 4 is 11.3 Å². The largest absolute Gasteiger partial charge is 0.311 e. The molecule has 0 atom stereocenters. The number of aryl methyl sites for hydroxylation is 2. The summed E-state index contributed by atoms with van der Waals surface area (Å²) in [5.41, 5.74) is 3.29. The Hall–Kier alpha value is -1.35. The smallest absolute Gasteiger partial charge is 0.272 e. The molecule has 2 rings (SSSR count). The van der Waals surface area contributed by atoms with E-state index in [0.717, 1.165) is 24.2 Å². The van der Waals surface area contributed by atoms with Crippen LogP contribution in [0.1, 0.15) is 24.6 Å². The molecule has 1 heterocycles. The molecule has 0 aliphatic carbocycles. The van der Waals surface area contributed by atoms with Gasteiger partial charge in [0.1, 0.15) is 0 Å². The number of nitrogens with zero attached hydrogens (tertiary/aromatic N) is 1. The molecule has 0 saturated heterocycles. The van der Waals surface area contributed by atoms with Crippen molar-refractivity contribution in [3.8, 4) is 5.69 Å². The summed E-state index contributed by atoms with van der Waals surface area (Å²) >= 11 is 1.26. The van der Waals surface area contributed by atoms with E-state index in [-0.39, 0.29) is 4.87 Å². The van der Waals surface area contributed by atoms with E-state index in [1.165, 1.54) is 16.9 Å². The van der Waals surface area contributed by atoms with Crippen molar-refractivity contribution in [3.05, 3.63) is 50.6 Å². The van der Waals surface area contributed by atoms with Crippen LogP contribution in [0.25, 0.3) is 5.69 Å². The third-order valence-corrected chi connectivity index (χ3v) is 3.46. The Labute approximate surface area is 99.2 Å². The number of hydrogen-bond donors (Lipinski definition) is 0. The first-order valence-electron chi connectivity index (χ1n) is 5.49. The summed E-state index contributed by atoms with van der Waals surface area (Å²) < 4.78 is 1.80. The van der Waals surface area contributed by atoms with Crippen molar-refractivity contribution < 1.29 is 0 Å². The molecule has 0 aliphatic rings. The van der Waals surface area contributed by atoms with Gasteiger partial charge in [-0.05, 0) is 25.0 Å². The minimum Gasteiger partial charge on any atom is -0.272 e. The van der Waals surface area contributed by atoms with Crippen LogP contribution in [0.2, 0.25) is 0 Å². The average molecular weight is 233 g/mol. The highest BCUT2D eigenvalue weighted by atomic mass is 32.1. The molecule has 0 fully saturated rings. The zero-order chi connectivity index (χ0) is 11.5. The van der Waals surface area contributed by atoms with E-state index in [1.807, 2.05) is 30.5 Å². The van der Waals surface area contributed by atoms with Crippen LogP contribution in [-0.2, 0) is 6.42 Å². The average Bonchev–Trinajstić information content (AvgIpc) is 2.60. The summed E-state index contributed by atoms with van der Waals surface area (Å²) in [4.78, 5) is 11.9. The monoisotopic (exact) mass is 233 g/mol. The minimum absolute atomic E-state index is 0.0982. The molecule has 16 heavy (non-hydrogen) atoms. The zero-order valence-corrected chi connectivity index (χ0v) is 10.4. The molecule has 0 amide bonds. The van der Waals surface area contributed by atoms with Crippen LogP contribution < -0.4 is 4.87 Å². The van der Waals surface area contributed by atoms with Crippen molar-refractivity contribution in [3.63, 3.8) is 0 Å². The Morgan fingerprint density at radius 2 is 2.06 bits per heavy atom. The van der Waals surface area contributed by atoms with Crippen LogP contribution in [0.3, 0.4) is 0 Å². The molecule has 0 spiro atoms. The highest BCUT2D eigenvalue weighted by Crippen LogP contribution is 2.17. The summed E-state index contributed by atoms with van der Waals surface area (Å²) in [7, 11) is 0. The third kappa shape index (κ3) is 1.95. The highest BCUT2D eigenvalue weighted by Gasteiger charge is 2.08. The SMILES string of the molecule is CCCc1ccccc1-n1c(C)csc1=O. The van der Waals surface area contributed by atoms with E-state index in [2.05, 4.69) is 13.0 Å². The van der Waals surface area contributed by atoms with Gasteiger partial charge in [0.25, 0.3) is 0 Å². The lowest BCUT2D eigenvalue weighted by Crippen LogP contribution is -2.13. The summed E-state index contributed by atoms with van der Waals surface area (Å²) in [5.74, 6) is 0. The fourth-order valence-corrected chi connectivity index (χ4v) is 2.61. The molecule has 0 aliphatic heterocycles. The van der Waals surface area contributed by atoms with Crippen LogP contribution in [0.5, 0.6) is 0 Å². The fourth-order valence-electron chi connectivity index (χ4n) is 1.88. The summed E-state index contributed by atoms with van der Waals surface area (Å²) in [6.45, 7) is 4.13. The maximum absolute atomic E-state index is 11.8. The van der Waals surface area contributed by atoms with Crippen LogP contribution >= 0.6 is 11.3 Å². The van der Waals surface area contributed by atoms with Gasteiger partial charge in [0.15, 0.2) is 0 Å². The molecule has 0 N–H and O–H groups in total. The topological polar surface area (TPSA) is 22.0 Å². The predicted octanol–water partition coefficient (Wildman–Crippen LogP) is 3.16. The molecule has 0 radical (unpaired) electrons. The molecular weight excluding hydrogens is 218 g/mol. The molecule has 1 aromatic heterocycles. The van der Waals surface area contributed by atoms with Crippen molar-refractivity contribution in [2.75, 3.05) is 0 Å². The van der Waals surface area contributed by atoms with Gasteiger partial charge >= 0.3 is 4.87 Å². The number of rotatable bonds is 3. The van der Waals surface area contributed by atoms with Crippen molar-refractivity contribution in [1.29, 1.82) is 0 Å². The van der Waals surface area contributed by atoms with E-state index in [9.17, 15) is 4.79 Å². The number of para-hydroxylation sites is 1. The lowest BCUT2D eigenvalue weighted by molar-refractivity contribution is 0.884. The lowest BCUT2D eigenvalue weighted by atomic mass is 10.1. The van der Waals surface area contributed by atoms with Gasteiger partial charge in [-0.3, -0.25) is 9.36 Å². The molecule has 0 bridgehead atoms. The van der Waals surface area contributed by atoms with Crippen LogP contribution in [0.4, 0.5) is 0 Å². The fraction of sp³-hybridized carbons (Fsp3) is 0.308. The highest BCUT2D eigenvalue weighted by molar-refractivity contribution is 7.07. The maximum atomic E-state index is 11.8. The molecular formula is C13H15NOS. The Balaban J connectivity index is 2.60. The van der Waals surface area contributed by atoms with E-state index < -0.39 is 0 Å². The molecule has 2 aromatic rings. The van der Waals surface area contributed by atoms with Gasteiger partial charge in [-0.1, -0.05) is 42.9 Å². The Morgan fingerprint density at radius 1 is 1.31 bits per heavy atom. The van der Waals surface area contributed by atoms with Crippen LogP contribution in [0, 0.1) is 6.92 Å². The number of benzene rings is 1. The minimum atomic E-state index is 0.0982. The van der Waals surface area contributed by atoms with Crippen molar-refractivity contribution in [2.24, 2.45) is 0 Å². The van der Waals surface area contributed by atoms with Gasteiger partial charge in [0.2, 0.25) is 0 Å². The van der Waals surface area contributed by atoms with Crippen molar-refractivity contribution in [1.82, 2.24) is 4.57 Å². The van der Waals surface area contributed by atoms with Gasteiger partial charge in [-0.2, -0.15) is 0 Å². The normalized spacial score (nSPS) is 10.6. The third-order valence-electron chi connectivity index (χ3n) is 2.62. The first kappa shape index (κ1) is 11.1. The van der Waals surface area contributed by atoms with Crippen LogP contribution in [0.15, 0.2) is 34.4 Å². The van der Waals surface area contributed by atoms with Gasteiger partial charge in [-0.15, -0.1) is 0 Å². The van der Waals surface area contributed by atoms with Crippen molar-refractivity contribution in [2.45, 2.75) is 26.7 Å². The van der Waals surface area contributed by atoms with E-state index in [0.29, 0.717) is 0 Å². The summed E-state index contributed by atoms with van der Waals surface area (Å²) in [6, 6.07) is 8.13. The Morgan fingerprint density at radius 3 is 2.69 bits per heavy atom. The quantitative estimate of drug-likeness (QED) is 0.798. The first-order valence-corrected chi connectivity index (χ1v) is 6.37. The summed E-state index contributed by atoms with van der Waals surface area (Å²) in [5, 5.41) is 1.91. The molecule has 3 heteroatoms. The molecule has 0 saturated carbocycles. The summed E-state index contributed by atoms with van der Waals surface area (Å²) in [6.07, 6.45) is 2.10. The molecule has 2 nitrogen and oxygen atoms in total. The van der Waals surface area contributed by atoms with Crippen LogP contribution in [-0.4, -0.2) is 4.57 Å². The van der Waals surface area contributed by atoms with Gasteiger partial charge in [0, 0.05) is 11.1 Å². The number of hydrogen-bond acceptors (Lipinski definition) is 2. The number of aromatic nitrogens is 1. The maximum Gasteiger partial charge on any atom is 0.311 e. The second-order valence-electron chi connectivity index (χ2n) is 3.86. The second kappa shape index (κ2) is 4.66. The van der Waals surface area contributed by atoms with Gasteiger partial charge in [-0.25, -0.2) is 0 Å². The second-order valence-corrected chi connectivity index (χ2v) is 4.68. The van der Waals surface area contributed by atoms with Gasteiger partial charge < -0.3 is 0 Å². The standard InChI is InChI=1S/C13H15NOS/c1-3-6-11-7-4-5-8-12(11)14-10(2)9-16-13(14)15/h4-5,7-9H,3,6H2,1-2H3. The molecule has 84 valence electrons. The zero-order valence-electron chi connectivity index (χ0n) is 9.56. The molecule has 0 unspecified atom stereocenters. The Kier molecular flexibility index (Phi) is 3.25. The van der Waals surface area contributed by atoms with E-state index in [4.69, 9.17) is 0 Å². The first-order chi connectivity index (χ1) is 7.74. The van der Waals surface area contributed by atoms with E-state index >= 15 is 0 Å². The Bertz CT molecular complexity index is 539. The number of thiazole rings is 1. The molecule has 1 aromatic carbocycles. The lowest BCUT2D eigenvalue weighted by Gasteiger charge is -2.10. The van der Waals surface area contributed by atoms with E-state index in [1.54, 1.807) is 4.57 Å². The van der Waals surface area contributed by atoms with Gasteiger partial charge in [0.05, 0.1) is 5.69 Å².